The highest BCUT2D eigenvalue weighted by atomic mass is 35.5. The van der Waals surface area contributed by atoms with Crippen molar-refractivity contribution in [3.05, 3.63) is 65.6 Å². The summed E-state index contributed by atoms with van der Waals surface area (Å²) in [5.74, 6) is 1.67. The summed E-state index contributed by atoms with van der Waals surface area (Å²) in [6, 6.07) is 13.5. The van der Waals surface area contributed by atoms with Crippen molar-refractivity contribution >= 4 is 34.7 Å². The minimum atomic E-state index is 0.431. The van der Waals surface area contributed by atoms with Gasteiger partial charge in [0.25, 0.3) is 0 Å². The van der Waals surface area contributed by atoms with E-state index in [0.717, 1.165) is 5.56 Å². The minimum absolute atomic E-state index is 0.431. The molecular weight excluding hydrogens is 312 g/mol. The van der Waals surface area contributed by atoms with Crippen LogP contribution in [0.15, 0.2) is 55.0 Å². The maximum atomic E-state index is 6.12. The van der Waals surface area contributed by atoms with Crippen LogP contribution < -0.4 is 16.4 Å². The van der Waals surface area contributed by atoms with Crippen LogP contribution in [-0.4, -0.2) is 15.0 Å². The van der Waals surface area contributed by atoms with Gasteiger partial charge >= 0.3 is 0 Å². The van der Waals surface area contributed by atoms with Gasteiger partial charge in [0.05, 0.1) is 5.02 Å². The monoisotopic (exact) mass is 326 g/mol. The van der Waals surface area contributed by atoms with Gasteiger partial charge in [0.2, 0.25) is 0 Å². The maximum Gasteiger partial charge on any atom is 0.160 e. The lowest BCUT2D eigenvalue weighted by Gasteiger charge is -2.12. The van der Waals surface area contributed by atoms with E-state index in [4.69, 9.17) is 17.3 Å². The summed E-state index contributed by atoms with van der Waals surface area (Å²) in [5.41, 5.74) is 7.69. The van der Waals surface area contributed by atoms with Gasteiger partial charge in [-0.15, -0.1) is 0 Å². The molecule has 23 heavy (non-hydrogen) atoms. The molecule has 2 aromatic heterocycles. The van der Waals surface area contributed by atoms with Crippen LogP contribution in [0.4, 0.5) is 23.1 Å². The molecular formula is C16H15ClN6. The Hall–Kier alpha value is -2.86. The van der Waals surface area contributed by atoms with Crippen molar-refractivity contribution in [3.8, 4) is 0 Å². The number of benzene rings is 1. The van der Waals surface area contributed by atoms with Crippen LogP contribution >= 0.6 is 11.6 Å². The molecule has 0 unspecified atom stereocenters. The largest absolute Gasteiger partial charge is 0.393 e. The van der Waals surface area contributed by atoms with Gasteiger partial charge in [-0.3, -0.25) is 0 Å². The highest BCUT2D eigenvalue weighted by Gasteiger charge is 2.08. The van der Waals surface area contributed by atoms with Crippen LogP contribution in [-0.2, 0) is 6.54 Å². The van der Waals surface area contributed by atoms with Crippen molar-refractivity contribution in [1.29, 1.82) is 0 Å². The Balaban J connectivity index is 1.74. The molecule has 0 aliphatic carbocycles. The Labute approximate surface area is 138 Å². The fraction of sp³-hybridized carbons (Fsp3) is 0.0625. The average Bonchev–Trinajstić information content (AvgIpc) is 2.58. The number of rotatable bonds is 5. The van der Waals surface area contributed by atoms with E-state index < -0.39 is 0 Å². The van der Waals surface area contributed by atoms with Crippen LogP contribution in [0.1, 0.15) is 5.56 Å². The van der Waals surface area contributed by atoms with Gasteiger partial charge in [-0.1, -0.05) is 41.9 Å². The van der Waals surface area contributed by atoms with Gasteiger partial charge in [0.15, 0.2) is 11.6 Å². The molecule has 3 rings (SSSR count). The Kier molecular flexibility index (Phi) is 4.54. The number of nitrogens with zero attached hydrogens (tertiary/aromatic N) is 3. The summed E-state index contributed by atoms with van der Waals surface area (Å²) in [6.07, 6.45) is 3.00. The molecule has 0 atom stereocenters. The smallest absolute Gasteiger partial charge is 0.160 e. The van der Waals surface area contributed by atoms with Gasteiger partial charge in [-0.2, -0.15) is 0 Å². The number of aromatic nitrogens is 3. The fourth-order valence-corrected chi connectivity index (χ4v) is 2.10. The third-order valence-corrected chi connectivity index (χ3v) is 3.38. The lowest BCUT2D eigenvalue weighted by molar-refractivity contribution is 1.08. The Morgan fingerprint density at radius 3 is 2.48 bits per heavy atom. The maximum absolute atomic E-state index is 6.12. The van der Waals surface area contributed by atoms with Crippen LogP contribution in [0.3, 0.4) is 0 Å². The predicted molar refractivity (Wildman–Crippen MR) is 92.7 cm³/mol. The second kappa shape index (κ2) is 6.93. The average molecular weight is 327 g/mol. The zero-order valence-electron chi connectivity index (χ0n) is 12.2. The first-order valence-corrected chi connectivity index (χ1v) is 7.37. The SMILES string of the molecule is Nc1c(NCc2ccccc2)ncnc1Nc1ccc(Cl)cn1. The number of nitrogen functional groups attached to an aromatic ring is 1. The molecule has 0 spiro atoms. The van der Waals surface area contributed by atoms with E-state index in [9.17, 15) is 0 Å². The molecule has 116 valence electrons. The summed E-state index contributed by atoms with van der Waals surface area (Å²) in [7, 11) is 0. The third kappa shape index (κ3) is 3.87. The Bertz CT molecular complexity index is 776. The van der Waals surface area contributed by atoms with E-state index in [-0.39, 0.29) is 0 Å². The highest BCUT2D eigenvalue weighted by molar-refractivity contribution is 6.30. The van der Waals surface area contributed by atoms with Crippen molar-refractivity contribution in [3.63, 3.8) is 0 Å². The van der Waals surface area contributed by atoms with E-state index in [2.05, 4.69) is 25.6 Å². The number of nitrogens with two attached hydrogens (primary N) is 1. The standard InChI is InChI=1S/C16H15ClN6/c17-12-6-7-13(19-9-12)23-16-14(18)15(21-10-22-16)20-8-11-4-2-1-3-5-11/h1-7,9-10H,8,18H2,(H2,19,20,21,22,23). The molecule has 0 saturated heterocycles. The lowest BCUT2D eigenvalue weighted by atomic mass is 10.2. The normalized spacial score (nSPS) is 10.3. The molecule has 6 nitrogen and oxygen atoms in total. The number of pyridine rings is 1. The van der Waals surface area contributed by atoms with Gasteiger partial charge < -0.3 is 16.4 Å². The molecule has 0 amide bonds. The Morgan fingerprint density at radius 1 is 0.957 bits per heavy atom. The van der Waals surface area contributed by atoms with Gasteiger partial charge in [0.1, 0.15) is 17.8 Å². The number of halogens is 1. The van der Waals surface area contributed by atoms with Crippen LogP contribution in [0.2, 0.25) is 5.02 Å². The van der Waals surface area contributed by atoms with Gasteiger partial charge in [0, 0.05) is 12.7 Å². The Morgan fingerprint density at radius 2 is 1.74 bits per heavy atom. The fourth-order valence-electron chi connectivity index (χ4n) is 1.99. The first kappa shape index (κ1) is 15.1. The number of nitrogens with one attached hydrogen (secondary N) is 2. The summed E-state index contributed by atoms with van der Waals surface area (Å²) in [6.45, 7) is 0.626. The van der Waals surface area contributed by atoms with Crippen molar-refractivity contribution in [2.75, 3.05) is 16.4 Å². The molecule has 0 aliphatic rings. The number of anilines is 4. The predicted octanol–water partition coefficient (Wildman–Crippen LogP) is 3.46. The molecule has 0 radical (unpaired) electrons. The second-order valence-electron chi connectivity index (χ2n) is 4.81. The minimum Gasteiger partial charge on any atom is -0.393 e. The summed E-state index contributed by atoms with van der Waals surface area (Å²) >= 11 is 5.82. The number of hydrogen-bond acceptors (Lipinski definition) is 6. The highest BCUT2D eigenvalue weighted by Crippen LogP contribution is 2.25. The molecule has 7 heteroatoms. The molecule has 0 fully saturated rings. The molecule has 0 bridgehead atoms. The number of hydrogen-bond donors (Lipinski definition) is 3. The zero-order valence-corrected chi connectivity index (χ0v) is 13.0. The van der Waals surface area contributed by atoms with Crippen LogP contribution in [0.25, 0.3) is 0 Å². The lowest BCUT2D eigenvalue weighted by Crippen LogP contribution is -2.08. The quantitative estimate of drug-likeness (QED) is 0.665. The van der Waals surface area contributed by atoms with Crippen molar-refractivity contribution in [2.45, 2.75) is 6.54 Å². The van der Waals surface area contributed by atoms with Crippen molar-refractivity contribution < 1.29 is 0 Å². The first-order chi connectivity index (χ1) is 11.2. The van der Waals surface area contributed by atoms with E-state index in [0.29, 0.717) is 34.7 Å². The summed E-state index contributed by atoms with van der Waals surface area (Å²) in [4.78, 5) is 12.5. The summed E-state index contributed by atoms with van der Waals surface area (Å²) < 4.78 is 0. The summed E-state index contributed by atoms with van der Waals surface area (Å²) in [5, 5.41) is 6.83. The molecule has 2 heterocycles. The molecule has 4 N–H and O–H groups in total. The second-order valence-corrected chi connectivity index (χ2v) is 5.25. The molecule has 3 aromatic rings. The third-order valence-electron chi connectivity index (χ3n) is 3.16. The van der Waals surface area contributed by atoms with Gasteiger partial charge in [-0.05, 0) is 17.7 Å². The van der Waals surface area contributed by atoms with E-state index >= 15 is 0 Å². The van der Waals surface area contributed by atoms with E-state index in [1.165, 1.54) is 6.33 Å². The van der Waals surface area contributed by atoms with Crippen molar-refractivity contribution in [1.82, 2.24) is 15.0 Å². The molecule has 0 aliphatic heterocycles. The van der Waals surface area contributed by atoms with Crippen LogP contribution in [0.5, 0.6) is 0 Å². The molecule has 1 aromatic carbocycles. The molecule has 0 saturated carbocycles. The first-order valence-electron chi connectivity index (χ1n) is 6.99. The van der Waals surface area contributed by atoms with Gasteiger partial charge in [-0.25, -0.2) is 15.0 Å². The van der Waals surface area contributed by atoms with Crippen molar-refractivity contribution in [2.24, 2.45) is 0 Å². The van der Waals surface area contributed by atoms with Crippen LogP contribution in [0, 0.1) is 0 Å². The topological polar surface area (TPSA) is 88.8 Å². The van der Waals surface area contributed by atoms with E-state index in [1.807, 2.05) is 30.3 Å². The van der Waals surface area contributed by atoms with E-state index in [1.54, 1.807) is 18.3 Å². The zero-order chi connectivity index (χ0) is 16.1.